The van der Waals surface area contributed by atoms with Crippen LogP contribution in [0.5, 0.6) is 0 Å². The van der Waals surface area contributed by atoms with E-state index in [0.717, 1.165) is 29.1 Å². The van der Waals surface area contributed by atoms with Crippen molar-refractivity contribution < 1.29 is 31.9 Å². The van der Waals surface area contributed by atoms with Crippen LogP contribution in [0.2, 0.25) is 0 Å². The van der Waals surface area contributed by atoms with Crippen LogP contribution < -0.4 is 0 Å². The highest BCUT2D eigenvalue weighted by molar-refractivity contribution is 7.10. The summed E-state index contributed by atoms with van der Waals surface area (Å²) in [5.41, 5.74) is -0.103. The van der Waals surface area contributed by atoms with Crippen molar-refractivity contribution in [2.45, 2.75) is 18.6 Å². The van der Waals surface area contributed by atoms with E-state index >= 15 is 0 Å². The summed E-state index contributed by atoms with van der Waals surface area (Å²) in [5.74, 6) is -1.49. The number of amides is 2. The fraction of sp³-hybridized carbons (Fsp3) is 0.345. The van der Waals surface area contributed by atoms with Crippen LogP contribution in [0.25, 0.3) is 0 Å². The SMILES string of the molecule is O=C(c1ccc(C(F)(F)F)cc1)N(CCN1CCOCC1)CC(=O)N1N=C(c2ccccc2F)C[C@H]1c1cccs1. The Balaban J connectivity index is 1.40. The first kappa shape index (κ1) is 28.9. The Bertz CT molecular complexity index is 1390. The van der Waals surface area contributed by atoms with Gasteiger partial charge in [-0.15, -0.1) is 11.3 Å². The molecule has 1 atom stereocenters. The lowest BCUT2D eigenvalue weighted by molar-refractivity contribution is -0.137. The smallest absolute Gasteiger partial charge is 0.379 e. The van der Waals surface area contributed by atoms with Gasteiger partial charge in [0.05, 0.1) is 30.5 Å². The highest BCUT2D eigenvalue weighted by Crippen LogP contribution is 2.36. The van der Waals surface area contributed by atoms with Crippen LogP contribution in [0.1, 0.15) is 38.8 Å². The van der Waals surface area contributed by atoms with Gasteiger partial charge in [0.15, 0.2) is 0 Å². The molecule has 2 aliphatic rings. The molecule has 1 aromatic heterocycles. The van der Waals surface area contributed by atoms with E-state index in [1.54, 1.807) is 18.2 Å². The highest BCUT2D eigenvalue weighted by Gasteiger charge is 2.36. The molecule has 1 fully saturated rings. The molecule has 12 heteroatoms. The summed E-state index contributed by atoms with van der Waals surface area (Å²) in [7, 11) is 0. The topological polar surface area (TPSA) is 65.5 Å². The molecule has 0 saturated carbocycles. The van der Waals surface area contributed by atoms with E-state index in [2.05, 4.69) is 10.0 Å². The van der Waals surface area contributed by atoms with Gasteiger partial charge in [-0.1, -0.05) is 24.3 Å². The molecule has 0 radical (unpaired) electrons. The first-order chi connectivity index (χ1) is 19.7. The van der Waals surface area contributed by atoms with Gasteiger partial charge in [-0.05, 0) is 41.8 Å². The second-order valence-corrected chi connectivity index (χ2v) is 10.7. The number of hydrogen-bond donors (Lipinski definition) is 0. The molecule has 3 aromatic rings. The Kier molecular flexibility index (Phi) is 8.81. The van der Waals surface area contributed by atoms with Gasteiger partial charge < -0.3 is 9.64 Å². The van der Waals surface area contributed by atoms with Gasteiger partial charge in [0.2, 0.25) is 0 Å². The average molecular weight is 589 g/mol. The molecule has 1 saturated heterocycles. The van der Waals surface area contributed by atoms with Crippen molar-refractivity contribution >= 4 is 28.9 Å². The van der Waals surface area contributed by atoms with E-state index in [-0.39, 0.29) is 18.7 Å². The van der Waals surface area contributed by atoms with Crippen LogP contribution in [-0.2, 0) is 15.7 Å². The van der Waals surface area contributed by atoms with Gasteiger partial charge in [0, 0.05) is 48.6 Å². The minimum absolute atomic E-state index is 0.0413. The largest absolute Gasteiger partial charge is 0.416 e. The number of nitrogens with zero attached hydrogens (tertiary/aromatic N) is 4. The van der Waals surface area contributed by atoms with Gasteiger partial charge >= 0.3 is 6.18 Å². The summed E-state index contributed by atoms with van der Waals surface area (Å²) in [6.45, 7) is 2.72. The molecule has 0 spiro atoms. The summed E-state index contributed by atoms with van der Waals surface area (Å²) in [6, 6.07) is 13.4. The maximum Gasteiger partial charge on any atom is 0.416 e. The molecule has 0 N–H and O–H groups in total. The summed E-state index contributed by atoms with van der Waals surface area (Å²) in [4.78, 5) is 31.6. The van der Waals surface area contributed by atoms with Crippen LogP contribution in [0, 0.1) is 5.82 Å². The fourth-order valence-electron chi connectivity index (χ4n) is 4.86. The van der Waals surface area contributed by atoms with Crippen LogP contribution >= 0.6 is 11.3 Å². The number of halogens is 4. The third-order valence-electron chi connectivity index (χ3n) is 7.08. The van der Waals surface area contributed by atoms with Crippen molar-refractivity contribution in [3.63, 3.8) is 0 Å². The number of ether oxygens (including phenoxy) is 1. The zero-order valence-electron chi connectivity index (χ0n) is 22.0. The Morgan fingerprint density at radius 1 is 1.02 bits per heavy atom. The Hall–Kier alpha value is -3.61. The molecule has 5 rings (SSSR count). The maximum atomic E-state index is 14.6. The third kappa shape index (κ3) is 6.83. The van der Waals surface area contributed by atoms with Crippen LogP contribution in [0.3, 0.4) is 0 Å². The Morgan fingerprint density at radius 3 is 2.41 bits per heavy atom. The number of hydrazone groups is 1. The van der Waals surface area contributed by atoms with E-state index < -0.39 is 35.4 Å². The molecule has 0 unspecified atom stereocenters. The van der Waals surface area contributed by atoms with Crippen LogP contribution in [0.4, 0.5) is 17.6 Å². The highest BCUT2D eigenvalue weighted by atomic mass is 32.1. The number of carbonyl (C=O) groups is 2. The molecule has 3 heterocycles. The zero-order valence-corrected chi connectivity index (χ0v) is 22.8. The van der Waals surface area contributed by atoms with E-state index in [4.69, 9.17) is 4.74 Å². The minimum atomic E-state index is -4.53. The lowest BCUT2D eigenvalue weighted by Crippen LogP contribution is -2.46. The van der Waals surface area contributed by atoms with Crippen molar-refractivity contribution in [3.05, 3.63) is 93.4 Å². The molecular weight excluding hydrogens is 560 g/mol. The molecule has 7 nitrogen and oxygen atoms in total. The summed E-state index contributed by atoms with van der Waals surface area (Å²) >= 11 is 1.45. The van der Waals surface area contributed by atoms with Gasteiger partial charge in [0.25, 0.3) is 11.8 Å². The third-order valence-corrected chi connectivity index (χ3v) is 8.06. The van der Waals surface area contributed by atoms with E-state index in [9.17, 15) is 27.2 Å². The molecule has 216 valence electrons. The molecule has 2 aliphatic heterocycles. The monoisotopic (exact) mass is 588 g/mol. The van der Waals surface area contributed by atoms with Gasteiger partial charge in [-0.2, -0.15) is 18.3 Å². The summed E-state index contributed by atoms with van der Waals surface area (Å²) in [5, 5.41) is 7.69. The molecular formula is C29H28F4N4O3S. The molecule has 0 bridgehead atoms. The number of rotatable bonds is 8. The lowest BCUT2D eigenvalue weighted by Gasteiger charge is -2.31. The van der Waals surface area contributed by atoms with Crippen molar-refractivity contribution in [1.82, 2.24) is 14.8 Å². The normalized spacial score (nSPS) is 17.9. The molecule has 2 amide bonds. The number of thiophene rings is 1. The number of hydrogen-bond acceptors (Lipinski definition) is 6. The number of carbonyl (C=O) groups excluding carboxylic acids is 2. The van der Waals surface area contributed by atoms with E-state index in [1.807, 2.05) is 17.5 Å². The second-order valence-electron chi connectivity index (χ2n) is 9.76. The van der Waals surface area contributed by atoms with Crippen molar-refractivity contribution in [3.8, 4) is 0 Å². The van der Waals surface area contributed by atoms with E-state index in [1.165, 1.54) is 27.3 Å². The molecule has 41 heavy (non-hydrogen) atoms. The Labute approximate surface area is 238 Å². The van der Waals surface area contributed by atoms with Crippen molar-refractivity contribution in [2.75, 3.05) is 45.9 Å². The predicted octanol–water partition coefficient (Wildman–Crippen LogP) is 5.06. The van der Waals surface area contributed by atoms with Crippen molar-refractivity contribution in [1.29, 1.82) is 0 Å². The first-order valence-corrected chi connectivity index (χ1v) is 14.0. The summed E-state index contributed by atoms with van der Waals surface area (Å²) < 4.78 is 59.2. The fourth-order valence-corrected chi connectivity index (χ4v) is 5.67. The predicted molar refractivity (Wildman–Crippen MR) is 146 cm³/mol. The van der Waals surface area contributed by atoms with Gasteiger partial charge in [-0.3, -0.25) is 14.5 Å². The minimum Gasteiger partial charge on any atom is -0.379 e. The average Bonchev–Trinajstić information content (AvgIpc) is 3.66. The van der Waals surface area contributed by atoms with Crippen molar-refractivity contribution in [2.24, 2.45) is 5.10 Å². The second kappa shape index (κ2) is 12.5. The number of morpholine rings is 1. The van der Waals surface area contributed by atoms with Gasteiger partial charge in [-0.25, -0.2) is 9.40 Å². The van der Waals surface area contributed by atoms with E-state index in [0.29, 0.717) is 50.5 Å². The number of alkyl halides is 3. The standard InChI is InChI=1S/C29H28F4N4O3S/c30-23-5-2-1-4-22(23)24-18-25(26-6-3-17-41-26)37(34-24)27(38)19-36(12-11-35-13-15-40-16-14-35)28(39)20-7-9-21(10-8-20)29(31,32)33/h1-10,17,25H,11-16,18-19H2/t25-/m0/s1. The van der Waals surface area contributed by atoms with Crippen LogP contribution in [-0.4, -0.2) is 78.3 Å². The first-order valence-electron chi connectivity index (χ1n) is 13.1. The number of benzene rings is 2. The zero-order chi connectivity index (χ0) is 29.0. The Morgan fingerprint density at radius 2 is 1.76 bits per heavy atom. The summed E-state index contributed by atoms with van der Waals surface area (Å²) in [6.07, 6.45) is -4.23. The van der Waals surface area contributed by atoms with Crippen LogP contribution in [0.15, 0.2) is 71.1 Å². The lowest BCUT2D eigenvalue weighted by atomic mass is 10.0. The quantitative estimate of drug-likeness (QED) is 0.346. The molecule has 0 aliphatic carbocycles. The maximum absolute atomic E-state index is 14.6. The molecule has 2 aromatic carbocycles. The van der Waals surface area contributed by atoms with Gasteiger partial charge in [0.1, 0.15) is 12.4 Å².